The van der Waals surface area contributed by atoms with Gasteiger partial charge in [0.15, 0.2) is 0 Å². The molecule has 1 saturated carbocycles. The summed E-state index contributed by atoms with van der Waals surface area (Å²) in [6.07, 6.45) is 7.50. The number of hydrogen-bond donors (Lipinski definition) is 0. The van der Waals surface area contributed by atoms with Crippen molar-refractivity contribution < 1.29 is 1.43 Å². The van der Waals surface area contributed by atoms with Crippen LogP contribution < -0.4 is 0 Å². The van der Waals surface area contributed by atoms with E-state index in [0.717, 1.165) is 0 Å². The Labute approximate surface area is 34.7 Å². The van der Waals surface area contributed by atoms with Crippen LogP contribution in [0.4, 0.5) is 0 Å². The van der Waals surface area contributed by atoms with Crippen LogP contribution in [0.1, 0.15) is 33.5 Å². The van der Waals surface area contributed by atoms with Gasteiger partial charge in [0, 0.05) is 1.43 Å². The van der Waals surface area contributed by atoms with Crippen molar-refractivity contribution in [2.75, 3.05) is 0 Å². The Morgan fingerprint density at radius 1 is 0.600 bits per heavy atom. The highest BCUT2D eigenvalue weighted by Gasteiger charge is 1.95. The highest BCUT2D eigenvalue weighted by atomic mass is 14.0. The van der Waals surface area contributed by atoms with Gasteiger partial charge in [-0.2, -0.15) is 0 Å². The molecule has 1 aliphatic carbocycles. The topological polar surface area (TPSA) is 0 Å². The summed E-state index contributed by atoms with van der Waals surface area (Å²) in [5.74, 6) is 0. The van der Waals surface area contributed by atoms with E-state index < -0.39 is 0 Å². The van der Waals surface area contributed by atoms with Crippen LogP contribution in [-0.2, 0) is 0 Å². The van der Waals surface area contributed by atoms with Crippen LogP contribution in [-0.4, -0.2) is 0 Å². The first-order valence-corrected chi connectivity index (χ1v) is 2.50. The van der Waals surface area contributed by atoms with Crippen LogP contribution >= 0.6 is 0 Å². The third kappa shape index (κ3) is 0.640. The predicted molar refractivity (Wildman–Crippen MR) is 25.2 cm³/mol. The largest absolute Gasteiger partial charge is 0.0533 e. The van der Waals surface area contributed by atoms with Gasteiger partial charge in [0.1, 0.15) is 0 Å². The van der Waals surface area contributed by atoms with E-state index in [1.165, 1.54) is 32.1 Å². The fourth-order valence-electron chi connectivity index (χ4n) is 0.884. The molecule has 0 atom stereocenters. The van der Waals surface area contributed by atoms with E-state index in [4.69, 9.17) is 0 Å². The van der Waals surface area contributed by atoms with E-state index in [1.54, 1.807) is 0 Å². The van der Waals surface area contributed by atoms with Crippen LogP contribution in [0.5, 0.6) is 0 Å². The van der Waals surface area contributed by atoms with Crippen molar-refractivity contribution in [3.8, 4) is 0 Å². The summed E-state index contributed by atoms with van der Waals surface area (Å²) in [4.78, 5) is 0. The summed E-state index contributed by atoms with van der Waals surface area (Å²) in [6.45, 7) is 0. The lowest BCUT2D eigenvalue weighted by Crippen LogP contribution is -1.47. The molecule has 0 heterocycles. The lowest BCUT2D eigenvalue weighted by molar-refractivity contribution is 0.886. The summed E-state index contributed by atoms with van der Waals surface area (Å²) < 4.78 is 0. The molecule has 5 heavy (non-hydrogen) atoms. The van der Waals surface area contributed by atoms with Crippen LogP contribution in [0.25, 0.3) is 0 Å². The monoisotopic (exact) mass is 72.1 g/mol. The quantitative estimate of drug-likeness (QED) is 0.411. The average Bonchev–Trinajstić information content (AvgIpc) is 1.76. The van der Waals surface area contributed by atoms with Crippen LogP contribution in [0.3, 0.4) is 0 Å². The third-order valence-corrected chi connectivity index (χ3v) is 1.25. The average molecular weight is 72.2 g/mol. The Balaban J connectivity index is 0.000000250. The van der Waals surface area contributed by atoms with Crippen molar-refractivity contribution in [2.45, 2.75) is 32.1 Å². The molecule has 1 fully saturated rings. The van der Waals surface area contributed by atoms with Crippen LogP contribution in [0.15, 0.2) is 0 Å². The fraction of sp³-hybridized carbons (Fsp3) is 1.00. The lowest BCUT2D eigenvalue weighted by atomic mass is 10.4. The summed E-state index contributed by atoms with van der Waals surface area (Å²) in [6, 6.07) is 0. The zero-order chi connectivity index (χ0) is 3.54. The molecule has 0 N–H and O–H groups in total. The summed E-state index contributed by atoms with van der Waals surface area (Å²) in [5.41, 5.74) is 0. The van der Waals surface area contributed by atoms with E-state index in [-0.39, 0.29) is 1.43 Å². The molecule has 32 valence electrons. The number of rotatable bonds is 0. The molecule has 1 aliphatic rings. The molecule has 0 spiro atoms. The minimum atomic E-state index is 0. The van der Waals surface area contributed by atoms with Crippen LogP contribution in [0.2, 0.25) is 0 Å². The molecule has 0 bridgehead atoms. The van der Waals surface area contributed by atoms with Gasteiger partial charge in [0.05, 0.1) is 0 Å². The van der Waals surface area contributed by atoms with E-state index >= 15 is 0 Å². The normalized spacial score (nSPS) is 24.0. The van der Waals surface area contributed by atoms with Gasteiger partial charge >= 0.3 is 0 Å². The van der Waals surface area contributed by atoms with Crippen LogP contribution in [0, 0.1) is 0 Å². The Kier molecular flexibility index (Phi) is 0.922. The molecule has 1 rings (SSSR count). The van der Waals surface area contributed by atoms with E-state index in [2.05, 4.69) is 0 Å². The van der Waals surface area contributed by atoms with Crippen molar-refractivity contribution in [3.05, 3.63) is 0 Å². The van der Waals surface area contributed by atoms with Crippen molar-refractivity contribution in [2.24, 2.45) is 0 Å². The Hall–Kier alpha value is 0. The lowest BCUT2D eigenvalue weighted by Gasteiger charge is -1.67. The minimum Gasteiger partial charge on any atom is -0.0533 e. The molecule has 0 aromatic carbocycles. The zero-order valence-corrected chi connectivity index (χ0v) is 3.54. The zero-order valence-electron chi connectivity index (χ0n) is 3.54. The molecular weight excluding hydrogens is 60.1 g/mol. The van der Waals surface area contributed by atoms with Gasteiger partial charge in [-0.3, -0.25) is 0 Å². The molecule has 0 unspecified atom stereocenters. The predicted octanol–water partition coefficient (Wildman–Crippen LogP) is 2.20. The first-order chi connectivity index (χ1) is 2.50. The Bertz CT molecular complexity index is 15.5. The van der Waals surface area contributed by atoms with Gasteiger partial charge < -0.3 is 0 Å². The first-order valence-electron chi connectivity index (χ1n) is 2.50. The fourth-order valence-corrected chi connectivity index (χ4v) is 0.884. The highest BCUT2D eigenvalue weighted by Crippen LogP contribution is 2.15. The molecular formula is C5H12. The Morgan fingerprint density at radius 2 is 0.800 bits per heavy atom. The number of hydrogen-bond acceptors (Lipinski definition) is 0. The van der Waals surface area contributed by atoms with Gasteiger partial charge in [-0.1, -0.05) is 32.1 Å². The second-order valence-corrected chi connectivity index (χ2v) is 1.77. The summed E-state index contributed by atoms with van der Waals surface area (Å²) in [5, 5.41) is 0. The van der Waals surface area contributed by atoms with Crippen molar-refractivity contribution in [1.82, 2.24) is 0 Å². The molecule has 0 amide bonds. The molecule has 0 aromatic heterocycles. The molecule has 0 aromatic rings. The van der Waals surface area contributed by atoms with Crippen molar-refractivity contribution in [3.63, 3.8) is 0 Å². The SMILES string of the molecule is C1CCCC1.[HH]. The second kappa shape index (κ2) is 1.44. The van der Waals surface area contributed by atoms with Gasteiger partial charge in [0.2, 0.25) is 0 Å². The van der Waals surface area contributed by atoms with Gasteiger partial charge in [-0.15, -0.1) is 0 Å². The van der Waals surface area contributed by atoms with Gasteiger partial charge in [0.25, 0.3) is 0 Å². The third-order valence-electron chi connectivity index (χ3n) is 1.25. The van der Waals surface area contributed by atoms with Crippen molar-refractivity contribution in [1.29, 1.82) is 0 Å². The Morgan fingerprint density at radius 3 is 1.00 bits per heavy atom. The summed E-state index contributed by atoms with van der Waals surface area (Å²) in [7, 11) is 0. The maximum absolute atomic E-state index is 1.50. The molecule has 0 aliphatic heterocycles. The molecule has 0 nitrogen and oxygen atoms in total. The minimum absolute atomic E-state index is 0. The van der Waals surface area contributed by atoms with Gasteiger partial charge in [-0.05, 0) is 0 Å². The van der Waals surface area contributed by atoms with E-state index in [9.17, 15) is 0 Å². The molecule has 0 saturated heterocycles. The van der Waals surface area contributed by atoms with E-state index in [1.807, 2.05) is 0 Å². The smallest absolute Gasteiger partial charge is 0 e. The van der Waals surface area contributed by atoms with Gasteiger partial charge in [-0.25, -0.2) is 0 Å². The second-order valence-electron chi connectivity index (χ2n) is 1.77. The first kappa shape index (κ1) is 3.20. The van der Waals surface area contributed by atoms with Crippen molar-refractivity contribution >= 4 is 0 Å². The van der Waals surface area contributed by atoms with E-state index in [0.29, 0.717) is 0 Å². The molecule has 0 radical (unpaired) electrons. The summed E-state index contributed by atoms with van der Waals surface area (Å²) >= 11 is 0. The standard InChI is InChI=1S/C5H10.H2/c1-2-4-5-3-1;/h1-5H2;1H. The highest BCUT2D eigenvalue weighted by molar-refractivity contribution is 4.51. The molecule has 0 heteroatoms. The maximum atomic E-state index is 1.50. The maximum Gasteiger partial charge on any atom is 0 e.